The molecule has 13 aliphatic rings. The highest BCUT2D eigenvalue weighted by Gasteiger charge is 2.63. The van der Waals surface area contributed by atoms with Crippen molar-refractivity contribution in [3.05, 3.63) is 12.3 Å². The molecule has 734 valence electrons. The zero-order valence-electron chi connectivity index (χ0n) is 82.3. The first-order valence-corrected chi connectivity index (χ1v) is 46.9. The monoisotopic (exact) mass is 1820 g/mol. The molecule has 4 saturated carbocycles. The quantitative estimate of drug-likeness (QED) is 0.0290. The van der Waals surface area contributed by atoms with Crippen molar-refractivity contribution in [3.8, 4) is 0 Å². The van der Waals surface area contributed by atoms with E-state index >= 15 is 0 Å². The summed E-state index contributed by atoms with van der Waals surface area (Å²) in [5.74, 6) is -0.821. The van der Waals surface area contributed by atoms with Crippen molar-refractivity contribution >= 4 is 59.7 Å². The Morgan fingerprint density at radius 2 is 0.859 bits per heavy atom. The van der Waals surface area contributed by atoms with Crippen molar-refractivity contribution in [1.82, 2.24) is 0 Å². The fourth-order valence-electron chi connectivity index (χ4n) is 16.8. The van der Waals surface area contributed by atoms with E-state index in [2.05, 4.69) is 6.58 Å². The summed E-state index contributed by atoms with van der Waals surface area (Å²) in [6, 6.07) is 0. The number of hydrogen-bond acceptors (Lipinski definition) is 32. The van der Waals surface area contributed by atoms with E-state index in [1.807, 2.05) is 166 Å². The third kappa shape index (κ3) is 28.9. The van der Waals surface area contributed by atoms with Gasteiger partial charge in [0.2, 0.25) is 12.2 Å². The number of carbonyl (C=O) groups excluding carboxylic acids is 10. The second-order valence-electron chi connectivity index (χ2n) is 41.0. The first-order chi connectivity index (χ1) is 59.5. The third-order valence-electron chi connectivity index (χ3n) is 27.5. The van der Waals surface area contributed by atoms with E-state index < -0.39 is 105 Å². The third-order valence-corrected chi connectivity index (χ3v) is 27.5. The molecule has 13 rings (SSSR count). The predicted octanol–water partition coefficient (Wildman–Crippen LogP) is 14.5. The molecule has 0 aromatic heterocycles. The molecule has 0 N–H and O–H groups in total. The number of esters is 10. The minimum atomic E-state index is -0.780. The Hall–Kier alpha value is -6.20. The van der Waals surface area contributed by atoms with Gasteiger partial charge in [0.05, 0.1) is 103 Å². The number of carbonyl (C=O) groups is 10. The number of rotatable bonds is 29. The van der Waals surface area contributed by atoms with Crippen molar-refractivity contribution in [3.63, 3.8) is 0 Å². The molecular weight excluding hydrogens is 1670 g/mol. The molecule has 9 aliphatic heterocycles. The van der Waals surface area contributed by atoms with E-state index in [0.717, 1.165) is 57.3 Å². The molecule has 0 radical (unpaired) electrons. The molecule has 0 aromatic rings. The average Bonchev–Trinajstić information content (AvgIpc) is 1.59. The molecule has 0 spiro atoms. The van der Waals surface area contributed by atoms with Crippen LogP contribution < -0.4 is 0 Å². The molecule has 128 heavy (non-hydrogen) atoms. The van der Waals surface area contributed by atoms with Gasteiger partial charge in [-0.3, -0.25) is 38.4 Å². The van der Waals surface area contributed by atoms with E-state index in [1.165, 1.54) is 6.42 Å². The maximum atomic E-state index is 12.6. The number of allylic oxidation sites excluding steroid dienone is 1. The maximum Gasteiger partial charge on any atom is 0.347 e. The summed E-state index contributed by atoms with van der Waals surface area (Å²) in [6.45, 7) is 62.7. The number of hydrogen-bond donors (Lipinski definition) is 0. The highest BCUT2D eigenvalue weighted by atomic mass is 16.9. The van der Waals surface area contributed by atoms with Gasteiger partial charge in [-0.25, -0.2) is 9.59 Å². The van der Waals surface area contributed by atoms with E-state index in [0.29, 0.717) is 126 Å². The van der Waals surface area contributed by atoms with Crippen LogP contribution in [-0.2, 0) is 152 Å². The molecule has 32 heteroatoms. The largest absolute Gasteiger partial charge is 0.498 e. The van der Waals surface area contributed by atoms with Gasteiger partial charge in [-0.15, -0.1) is 0 Å². The Balaban J connectivity index is 0.000000208. The van der Waals surface area contributed by atoms with Crippen molar-refractivity contribution in [1.29, 1.82) is 0 Å². The number of cyclic esters (lactones) is 3. The highest BCUT2D eigenvalue weighted by Crippen LogP contribution is 2.59. The Labute approximate surface area is 760 Å². The number of fused-ring (bicyclic) bond motifs is 11. The molecule has 0 aromatic carbocycles. The standard InChI is InChI=1S/C19H34O7.C18H30O7.C15H22O3.C14H20O4.2C10H16O4.C10H20O3/c1-8-17(2,3)16(20)22-10-9-21-11-13-15(26-19(6,7)25-13)14-12-23-18(4,5)24-14;1-8-16(2,3)15(19)22-12-11(10-9-20-17(4,5)23-10)21-14-13(12)24-18(6,7)25-14;1-4-8(2)15(16)18-13-6-10-5-11(13)12-7-17-9(3)14(10)12;1-3-7(2)13(15)18-11-5-8-4-9(11)10-6-17-14(16)12(8)10;2*1-4-10(2,3)9(12)14-7-5-6-13-8(7)11;1-6-10(4,5)9(11)13-8(3)12-7-2/h13-15H,8-12H2,1-7H3;10-14H,8-9H2,1-7H3;8,10-14H,3-7H2,1-2H3;7-12H,3-6H2,1-2H3;2*7H,4-6H2,1-3H3;8H,6-7H2,1-5H3. The summed E-state index contributed by atoms with van der Waals surface area (Å²) in [4.78, 5) is 117. The second-order valence-corrected chi connectivity index (χ2v) is 41.0. The van der Waals surface area contributed by atoms with Crippen molar-refractivity contribution < 1.29 is 152 Å². The van der Waals surface area contributed by atoms with Crippen LogP contribution in [-0.4, -0.2) is 229 Å². The lowest BCUT2D eigenvalue weighted by atomic mass is 9.79. The van der Waals surface area contributed by atoms with Gasteiger partial charge in [0.15, 0.2) is 47.9 Å². The SMILES string of the molecule is C=C1OCC2C3CC(CC3OC(=O)C(C)CC)C12.CCC(C)(C)C(=O)OC1C(C2COC(C)(C)O2)OC2OC(C)(C)OC21.CCC(C)(C)C(=O)OC1CCOC1=O.CCC(C)(C)C(=O)OC1CCOC1=O.CCC(C)(C)C(=O)OCCOCC1OC(C)(C)OC1C1COC(C)(C)O1.CCC(C)C(=O)OC1CC2CC1C1COC(=O)C21.CCOC(C)OC(=O)C(C)(C)CC. The van der Waals surface area contributed by atoms with Crippen LogP contribution in [0.2, 0.25) is 0 Å². The first kappa shape index (κ1) is 109. The summed E-state index contributed by atoms with van der Waals surface area (Å²) >= 11 is 0. The van der Waals surface area contributed by atoms with Gasteiger partial charge < -0.3 is 104 Å². The summed E-state index contributed by atoms with van der Waals surface area (Å²) in [7, 11) is 0. The lowest BCUT2D eigenvalue weighted by Crippen LogP contribution is -2.46. The fourth-order valence-corrected chi connectivity index (χ4v) is 16.8. The summed E-state index contributed by atoms with van der Waals surface area (Å²) in [6.07, 6.45) is 5.33. The van der Waals surface area contributed by atoms with Crippen LogP contribution in [0.4, 0.5) is 0 Å². The van der Waals surface area contributed by atoms with E-state index in [9.17, 15) is 47.9 Å². The summed E-state index contributed by atoms with van der Waals surface area (Å²) < 4.78 is 121. The zero-order valence-corrected chi connectivity index (χ0v) is 82.3. The van der Waals surface area contributed by atoms with Gasteiger partial charge in [-0.05, 0) is 221 Å². The molecule has 32 nitrogen and oxygen atoms in total. The van der Waals surface area contributed by atoms with Gasteiger partial charge in [-0.1, -0.05) is 68.9 Å². The van der Waals surface area contributed by atoms with E-state index in [-0.39, 0.29) is 109 Å². The molecule has 9 saturated heterocycles. The molecule has 23 unspecified atom stereocenters. The topological polar surface area (TPSA) is 374 Å². The van der Waals surface area contributed by atoms with Crippen LogP contribution in [0.5, 0.6) is 0 Å². The number of ether oxygens (including phenoxy) is 22. The smallest absolute Gasteiger partial charge is 0.347 e. The van der Waals surface area contributed by atoms with Crippen LogP contribution in [0.15, 0.2) is 12.3 Å². The average molecular weight is 1820 g/mol. The van der Waals surface area contributed by atoms with Crippen LogP contribution in [0, 0.1) is 86.3 Å². The minimum Gasteiger partial charge on any atom is -0.498 e. The second kappa shape index (κ2) is 45.7. The molecule has 0 amide bonds. The Morgan fingerprint density at radius 1 is 0.438 bits per heavy atom. The fraction of sp³-hybridized carbons (Fsp3) is 0.875. The van der Waals surface area contributed by atoms with Crippen LogP contribution in [0.3, 0.4) is 0 Å². The normalized spacial score (nSPS) is 32.1. The van der Waals surface area contributed by atoms with Crippen LogP contribution in [0.1, 0.15) is 284 Å². The van der Waals surface area contributed by atoms with Gasteiger partial charge in [0.25, 0.3) is 0 Å². The van der Waals surface area contributed by atoms with Gasteiger partial charge in [0.1, 0.15) is 49.3 Å². The van der Waals surface area contributed by atoms with Crippen molar-refractivity contribution in [2.24, 2.45) is 86.3 Å². The Kier molecular flexibility index (Phi) is 38.8. The lowest BCUT2D eigenvalue weighted by molar-refractivity contribution is -0.236. The molecular formula is C96H158O32. The van der Waals surface area contributed by atoms with Crippen LogP contribution in [0.25, 0.3) is 0 Å². The lowest BCUT2D eigenvalue weighted by Gasteiger charge is -2.31. The van der Waals surface area contributed by atoms with Gasteiger partial charge >= 0.3 is 59.7 Å². The van der Waals surface area contributed by atoms with Crippen molar-refractivity contribution in [2.45, 2.75) is 387 Å². The first-order valence-electron chi connectivity index (χ1n) is 46.9. The molecule has 13 fully saturated rings. The van der Waals surface area contributed by atoms with Crippen LogP contribution >= 0.6 is 0 Å². The molecule has 23 atom stereocenters. The molecule has 9 heterocycles. The van der Waals surface area contributed by atoms with Gasteiger partial charge in [0, 0.05) is 49.0 Å². The Morgan fingerprint density at radius 3 is 1.30 bits per heavy atom. The molecule has 4 bridgehead atoms. The maximum absolute atomic E-state index is 12.6. The minimum absolute atomic E-state index is 0.0206. The summed E-state index contributed by atoms with van der Waals surface area (Å²) in [5.41, 5.74) is -2.51. The highest BCUT2D eigenvalue weighted by molar-refractivity contribution is 5.84. The van der Waals surface area contributed by atoms with Gasteiger partial charge in [-0.2, -0.15) is 0 Å². The zero-order chi connectivity index (χ0) is 95.9. The Bertz CT molecular complexity index is 3580. The van der Waals surface area contributed by atoms with E-state index in [4.69, 9.17) is 104 Å². The summed E-state index contributed by atoms with van der Waals surface area (Å²) in [5, 5.41) is 0. The van der Waals surface area contributed by atoms with E-state index in [1.54, 1.807) is 34.6 Å². The van der Waals surface area contributed by atoms with Crippen molar-refractivity contribution in [2.75, 3.05) is 66.1 Å². The predicted molar refractivity (Wildman–Crippen MR) is 464 cm³/mol. The molecule has 4 aliphatic carbocycles.